The van der Waals surface area contributed by atoms with Crippen LogP contribution in [0.25, 0.3) is 0 Å². The van der Waals surface area contributed by atoms with E-state index in [0.717, 1.165) is 19.4 Å². The summed E-state index contributed by atoms with van der Waals surface area (Å²) in [5.41, 5.74) is 10.7. The standard InChI is InChI=1S/C5H14N2.H2O3S/c1-2-5(7)3-4-6;1-4(2)3/h5H,2-4,6-7H2,1H3;4H,(H,1,2,3). The minimum absolute atomic E-state index is 0.324. The molecule has 6 heteroatoms. The van der Waals surface area contributed by atoms with Crippen LogP contribution in [0.1, 0.15) is 19.8 Å². The van der Waals surface area contributed by atoms with Gasteiger partial charge in [0.1, 0.15) is 0 Å². The molecule has 70 valence electrons. The lowest BCUT2D eigenvalue weighted by Gasteiger charge is -2.03. The Kier molecular flexibility index (Phi) is 12.0. The van der Waals surface area contributed by atoms with Crippen molar-refractivity contribution in [3.8, 4) is 0 Å². The van der Waals surface area contributed by atoms with Gasteiger partial charge in [-0.05, 0) is 19.4 Å². The van der Waals surface area contributed by atoms with Gasteiger partial charge in [-0.15, -0.1) is 0 Å². The molecule has 0 saturated heterocycles. The summed E-state index contributed by atoms with van der Waals surface area (Å²) in [7, 11) is -3.12. The number of hydrogen-bond acceptors (Lipinski definition) is 4. The third kappa shape index (κ3) is 25.8. The van der Waals surface area contributed by atoms with E-state index in [4.69, 9.17) is 24.4 Å². The molecular weight excluding hydrogens is 168 g/mol. The van der Waals surface area contributed by atoms with E-state index in [9.17, 15) is 0 Å². The SMILES string of the molecule is CCC(N)CCN.O=[SH](=O)O. The summed E-state index contributed by atoms with van der Waals surface area (Å²) in [5.74, 6) is 0. The lowest BCUT2D eigenvalue weighted by molar-refractivity contribution is 0.509. The van der Waals surface area contributed by atoms with E-state index in [1.807, 2.05) is 0 Å². The van der Waals surface area contributed by atoms with Gasteiger partial charge >= 0.3 is 0 Å². The first-order valence-electron chi connectivity index (χ1n) is 3.33. The lowest BCUT2D eigenvalue weighted by atomic mass is 10.2. The number of rotatable bonds is 3. The summed E-state index contributed by atoms with van der Waals surface area (Å²) >= 11 is 0. The van der Waals surface area contributed by atoms with Crippen LogP contribution in [0.5, 0.6) is 0 Å². The second-order valence-electron chi connectivity index (χ2n) is 1.98. The topological polar surface area (TPSA) is 106 Å². The van der Waals surface area contributed by atoms with Crippen LogP contribution in [0, 0.1) is 0 Å². The van der Waals surface area contributed by atoms with Crippen LogP contribution in [-0.2, 0) is 11.0 Å². The van der Waals surface area contributed by atoms with E-state index in [1.54, 1.807) is 0 Å². The zero-order valence-corrected chi connectivity index (χ0v) is 7.46. The fourth-order valence-corrected chi connectivity index (χ4v) is 0.418. The van der Waals surface area contributed by atoms with Gasteiger partial charge in [-0.3, -0.25) is 4.55 Å². The van der Waals surface area contributed by atoms with E-state index in [2.05, 4.69) is 6.92 Å². The molecule has 0 rings (SSSR count). The van der Waals surface area contributed by atoms with E-state index in [0.29, 0.717) is 6.04 Å². The van der Waals surface area contributed by atoms with E-state index in [1.165, 1.54) is 0 Å². The summed E-state index contributed by atoms with van der Waals surface area (Å²) in [6, 6.07) is 0.324. The molecule has 0 aliphatic rings. The Morgan fingerprint density at radius 3 is 2.00 bits per heavy atom. The Balaban J connectivity index is 0. The molecule has 0 aromatic carbocycles. The van der Waals surface area contributed by atoms with Crippen LogP contribution in [0.2, 0.25) is 0 Å². The van der Waals surface area contributed by atoms with Gasteiger partial charge in [-0.2, -0.15) is 0 Å². The Hall–Kier alpha value is -0.170. The third-order valence-electron chi connectivity index (χ3n) is 1.06. The largest absolute Gasteiger partial charge is 0.330 e. The predicted octanol–water partition coefficient (Wildman–Crippen LogP) is -0.857. The van der Waals surface area contributed by atoms with Crippen molar-refractivity contribution in [2.45, 2.75) is 25.8 Å². The number of thiol groups is 1. The van der Waals surface area contributed by atoms with Gasteiger partial charge in [0.2, 0.25) is 0 Å². The molecule has 5 nitrogen and oxygen atoms in total. The molecule has 5 N–H and O–H groups in total. The second kappa shape index (κ2) is 9.83. The molecular formula is C5H16N2O3S. The average molecular weight is 184 g/mol. The average Bonchev–Trinajstić information content (AvgIpc) is 1.87. The van der Waals surface area contributed by atoms with Crippen LogP contribution in [-0.4, -0.2) is 25.6 Å². The second-order valence-corrected chi connectivity index (χ2v) is 2.46. The molecule has 0 aromatic heterocycles. The Morgan fingerprint density at radius 1 is 1.55 bits per heavy atom. The molecule has 0 saturated carbocycles. The molecule has 0 amide bonds. The highest BCUT2D eigenvalue weighted by atomic mass is 32.2. The van der Waals surface area contributed by atoms with Gasteiger partial charge < -0.3 is 11.5 Å². The van der Waals surface area contributed by atoms with Gasteiger partial charge in [0, 0.05) is 6.04 Å². The first kappa shape index (κ1) is 13.4. The van der Waals surface area contributed by atoms with E-state index in [-0.39, 0.29) is 0 Å². The third-order valence-corrected chi connectivity index (χ3v) is 1.06. The molecule has 0 aliphatic heterocycles. The maximum atomic E-state index is 8.59. The Morgan fingerprint density at radius 2 is 1.91 bits per heavy atom. The van der Waals surface area contributed by atoms with Crippen LogP contribution in [0.3, 0.4) is 0 Å². The van der Waals surface area contributed by atoms with Gasteiger partial charge in [-0.1, -0.05) is 6.92 Å². The summed E-state index contributed by atoms with van der Waals surface area (Å²) in [6.07, 6.45) is 1.99. The fourth-order valence-electron chi connectivity index (χ4n) is 0.418. The minimum Gasteiger partial charge on any atom is -0.330 e. The maximum absolute atomic E-state index is 8.59. The van der Waals surface area contributed by atoms with Crippen molar-refractivity contribution >= 4 is 11.0 Å². The predicted molar refractivity (Wildman–Crippen MR) is 44.9 cm³/mol. The molecule has 1 atom stereocenters. The summed E-state index contributed by atoms with van der Waals surface area (Å²) in [6.45, 7) is 2.79. The Bertz CT molecular complexity index is 130. The summed E-state index contributed by atoms with van der Waals surface area (Å²) in [5, 5.41) is 0. The maximum Gasteiger partial charge on any atom is 0.254 e. The molecule has 0 heterocycles. The van der Waals surface area contributed by atoms with E-state index >= 15 is 0 Å². The van der Waals surface area contributed by atoms with Crippen molar-refractivity contribution in [1.82, 2.24) is 0 Å². The van der Waals surface area contributed by atoms with Gasteiger partial charge in [0.05, 0.1) is 0 Å². The van der Waals surface area contributed by atoms with Crippen molar-refractivity contribution in [2.75, 3.05) is 6.54 Å². The zero-order valence-electron chi connectivity index (χ0n) is 6.56. The lowest BCUT2D eigenvalue weighted by Crippen LogP contribution is -2.22. The first-order valence-corrected chi connectivity index (χ1v) is 4.46. The molecule has 0 fully saturated rings. The van der Waals surface area contributed by atoms with Gasteiger partial charge in [0.25, 0.3) is 11.0 Å². The molecule has 0 aliphatic carbocycles. The molecule has 11 heavy (non-hydrogen) atoms. The highest BCUT2D eigenvalue weighted by Crippen LogP contribution is 1.88. The van der Waals surface area contributed by atoms with Crippen LogP contribution >= 0.6 is 0 Å². The number of hydrogen-bond donors (Lipinski definition) is 4. The monoisotopic (exact) mass is 184 g/mol. The van der Waals surface area contributed by atoms with E-state index < -0.39 is 11.0 Å². The van der Waals surface area contributed by atoms with Crippen LogP contribution in [0.4, 0.5) is 0 Å². The van der Waals surface area contributed by atoms with Gasteiger partial charge in [0.15, 0.2) is 0 Å². The van der Waals surface area contributed by atoms with Crippen molar-refractivity contribution < 1.29 is 13.0 Å². The first-order chi connectivity index (χ1) is 5.04. The van der Waals surface area contributed by atoms with Gasteiger partial charge in [-0.25, -0.2) is 8.42 Å². The Labute approximate surface area is 68.5 Å². The molecule has 0 radical (unpaired) electrons. The molecule has 0 aromatic rings. The molecule has 1 unspecified atom stereocenters. The van der Waals surface area contributed by atoms with Crippen molar-refractivity contribution in [3.05, 3.63) is 0 Å². The van der Waals surface area contributed by atoms with Crippen molar-refractivity contribution in [3.63, 3.8) is 0 Å². The van der Waals surface area contributed by atoms with Crippen LogP contribution in [0.15, 0.2) is 0 Å². The normalized spacial score (nSPS) is 12.1. The minimum atomic E-state index is -3.12. The smallest absolute Gasteiger partial charge is 0.254 e. The van der Waals surface area contributed by atoms with Crippen molar-refractivity contribution in [1.29, 1.82) is 0 Å². The fraction of sp³-hybridized carbons (Fsp3) is 1.00. The quantitative estimate of drug-likeness (QED) is 0.337. The zero-order chi connectivity index (χ0) is 9.28. The van der Waals surface area contributed by atoms with Crippen LogP contribution < -0.4 is 11.5 Å². The highest BCUT2D eigenvalue weighted by Gasteiger charge is 1.92. The molecule has 0 spiro atoms. The summed E-state index contributed by atoms with van der Waals surface area (Å²) < 4.78 is 24.2. The number of nitrogens with two attached hydrogens (primary N) is 2. The highest BCUT2D eigenvalue weighted by molar-refractivity contribution is 7.66. The van der Waals surface area contributed by atoms with Crippen molar-refractivity contribution in [2.24, 2.45) is 11.5 Å². The summed E-state index contributed by atoms with van der Waals surface area (Å²) in [4.78, 5) is 0. The molecule has 0 bridgehead atoms.